The van der Waals surface area contributed by atoms with Gasteiger partial charge in [0.2, 0.25) is 10.0 Å². The zero-order valence-electron chi connectivity index (χ0n) is 17.3. The SMILES string of the molecule is CN(C)S(=O)(=O)c1cccc(C(=O)Nc2ccc(F)c(NC(=O)OC(C)(C)C)c2)c1. The largest absolute Gasteiger partial charge is 0.444 e. The second-order valence-corrected chi connectivity index (χ2v) is 9.74. The molecule has 0 aliphatic carbocycles. The summed E-state index contributed by atoms with van der Waals surface area (Å²) in [4.78, 5) is 24.4. The Morgan fingerprint density at radius 2 is 1.70 bits per heavy atom. The first kappa shape index (κ1) is 23.3. The van der Waals surface area contributed by atoms with Crippen LogP contribution < -0.4 is 10.6 Å². The summed E-state index contributed by atoms with van der Waals surface area (Å²) in [6, 6.07) is 9.15. The van der Waals surface area contributed by atoms with Crippen molar-refractivity contribution >= 4 is 33.4 Å². The van der Waals surface area contributed by atoms with Crippen molar-refractivity contribution in [2.75, 3.05) is 24.7 Å². The molecule has 2 aromatic carbocycles. The predicted octanol–water partition coefficient (Wildman–Crippen LogP) is 3.68. The van der Waals surface area contributed by atoms with E-state index in [0.29, 0.717) is 0 Å². The molecule has 2 amide bonds. The molecule has 2 aromatic rings. The lowest BCUT2D eigenvalue weighted by Gasteiger charge is -2.20. The molecular formula is C20H24FN3O5S. The summed E-state index contributed by atoms with van der Waals surface area (Å²) >= 11 is 0. The van der Waals surface area contributed by atoms with Crippen molar-refractivity contribution in [3.63, 3.8) is 0 Å². The van der Waals surface area contributed by atoms with Crippen molar-refractivity contribution in [3.8, 4) is 0 Å². The number of ether oxygens (including phenoxy) is 1. The minimum absolute atomic E-state index is 0.0356. The maximum atomic E-state index is 14.0. The summed E-state index contributed by atoms with van der Waals surface area (Å²) in [5.74, 6) is -1.31. The molecule has 0 saturated heterocycles. The van der Waals surface area contributed by atoms with Gasteiger partial charge in [0.15, 0.2) is 0 Å². The number of carbonyl (C=O) groups is 2. The molecule has 0 bridgehead atoms. The highest BCUT2D eigenvalue weighted by Gasteiger charge is 2.20. The Labute approximate surface area is 175 Å². The fraction of sp³-hybridized carbons (Fsp3) is 0.300. The molecule has 30 heavy (non-hydrogen) atoms. The van der Waals surface area contributed by atoms with Gasteiger partial charge in [-0.3, -0.25) is 10.1 Å². The highest BCUT2D eigenvalue weighted by atomic mass is 32.2. The van der Waals surface area contributed by atoms with Crippen LogP contribution in [0.3, 0.4) is 0 Å². The third kappa shape index (κ3) is 6.01. The number of nitrogens with one attached hydrogen (secondary N) is 2. The molecule has 10 heteroatoms. The van der Waals surface area contributed by atoms with Gasteiger partial charge in [0, 0.05) is 25.3 Å². The lowest BCUT2D eigenvalue weighted by molar-refractivity contribution is 0.0635. The molecule has 0 atom stereocenters. The number of nitrogens with zero attached hydrogens (tertiary/aromatic N) is 1. The number of carbonyl (C=O) groups excluding carboxylic acids is 2. The van der Waals surface area contributed by atoms with Gasteiger partial charge in [0.25, 0.3) is 5.91 Å². The number of rotatable bonds is 5. The molecule has 162 valence electrons. The van der Waals surface area contributed by atoms with Gasteiger partial charge in [-0.05, 0) is 57.2 Å². The van der Waals surface area contributed by atoms with E-state index in [9.17, 15) is 22.4 Å². The lowest BCUT2D eigenvalue weighted by Crippen LogP contribution is -2.27. The maximum Gasteiger partial charge on any atom is 0.412 e. The Morgan fingerprint density at radius 1 is 1.03 bits per heavy atom. The number of hydrogen-bond donors (Lipinski definition) is 2. The smallest absolute Gasteiger partial charge is 0.412 e. The first-order valence-corrected chi connectivity index (χ1v) is 10.4. The molecule has 2 rings (SSSR count). The van der Waals surface area contributed by atoms with Crippen LogP contribution in [0.2, 0.25) is 0 Å². The van der Waals surface area contributed by atoms with E-state index < -0.39 is 33.4 Å². The van der Waals surface area contributed by atoms with E-state index in [1.165, 1.54) is 50.5 Å². The number of sulfonamides is 1. The Morgan fingerprint density at radius 3 is 2.30 bits per heavy atom. The number of halogens is 1. The van der Waals surface area contributed by atoms with Crippen LogP contribution >= 0.6 is 0 Å². The number of amides is 2. The fourth-order valence-electron chi connectivity index (χ4n) is 2.32. The lowest BCUT2D eigenvalue weighted by atomic mass is 10.2. The molecule has 2 N–H and O–H groups in total. The van der Waals surface area contributed by atoms with E-state index in [1.807, 2.05) is 0 Å². The summed E-state index contributed by atoms with van der Waals surface area (Å²) in [6.07, 6.45) is -0.841. The van der Waals surface area contributed by atoms with Crippen LogP contribution in [-0.4, -0.2) is 44.4 Å². The van der Waals surface area contributed by atoms with Crippen molar-refractivity contribution in [1.29, 1.82) is 0 Å². The van der Waals surface area contributed by atoms with Gasteiger partial charge >= 0.3 is 6.09 Å². The van der Waals surface area contributed by atoms with Crippen molar-refractivity contribution in [2.45, 2.75) is 31.3 Å². The number of anilines is 2. The van der Waals surface area contributed by atoms with Gasteiger partial charge in [-0.1, -0.05) is 6.07 Å². The molecular weight excluding hydrogens is 413 g/mol. The summed E-state index contributed by atoms with van der Waals surface area (Å²) in [5.41, 5.74) is -0.632. The van der Waals surface area contributed by atoms with Crippen molar-refractivity contribution in [1.82, 2.24) is 4.31 Å². The zero-order valence-corrected chi connectivity index (χ0v) is 18.1. The maximum absolute atomic E-state index is 14.0. The second kappa shape index (κ2) is 8.80. The van der Waals surface area contributed by atoms with Crippen LogP contribution in [0.15, 0.2) is 47.4 Å². The summed E-state index contributed by atoms with van der Waals surface area (Å²) in [5, 5.41) is 4.84. The number of benzene rings is 2. The minimum Gasteiger partial charge on any atom is -0.444 e. The van der Waals surface area contributed by atoms with Gasteiger partial charge in [-0.2, -0.15) is 0 Å². The molecule has 0 heterocycles. The van der Waals surface area contributed by atoms with E-state index >= 15 is 0 Å². The van der Waals surface area contributed by atoms with Gasteiger partial charge in [-0.15, -0.1) is 0 Å². The summed E-state index contributed by atoms with van der Waals surface area (Å²) in [7, 11) is -0.927. The van der Waals surface area contributed by atoms with Crippen molar-refractivity contribution in [3.05, 3.63) is 53.8 Å². The van der Waals surface area contributed by atoms with E-state index in [4.69, 9.17) is 4.74 Å². The van der Waals surface area contributed by atoms with E-state index in [0.717, 1.165) is 10.4 Å². The molecule has 0 unspecified atom stereocenters. The highest BCUT2D eigenvalue weighted by molar-refractivity contribution is 7.89. The highest BCUT2D eigenvalue weighted by Crippen LogP contribution is 2.22. The molecule has 8 nitrogen and oxygen atoms in total. The Balaban J connectivity index is 2.21. The summed E-state index contributed by atoms with van der Waals surface area (Å²) in [6.45, 7) is 5.01. The van der Waals surface area contributed by atoms with Gasteiger partial charge < -0.3 is 10.1 Å². The predicted molar refractivity (Wildman–Crippen MR) is 112 cm³/mol. The summed E-state index contributed by atoms with van der Waals surface area (Å²) < 4.78 is 44.7. The topological polar surface area (TPSA) is 105 Å². The first-order chi connectivity index (χ1) is 13.8. The van der Waals surface area contributed by atoms with Crippen LogP contribution in [0.4, 0.5) is 20.6 Å². The Bertz CT molecular complexity index is 1060. The molecule has 0 aliphatic heterocycles. The molecule has 0 saturated carbocycles. The van der Waals surface area contributed by atoms with Crippen molar-refractivity contribution < 1.29 is 27.1 Å². The van der Waals surface area contributed by atoms with Gasteiger partial charge in [0.05, 0.1) is 10.6 Å². The van der Waals surface area contributed by atoms with Crippen LogP contribution in [0.25, 0.3) is 0 Å². The molecule has 0 aliphatic rings. The zero-order chi connectivity index (χ0) is 22.7. The fourth-order valence-corrected chi connectivity index (χ4v) is 3.27. The minimum atomic E-state index is -3.70. The molecule has 0 fully saturated rings. The average molecular weight is 437 g/mol. The average Bonchev–Trinajstić information content (AvgIpc) is 2.62. The van der Waals surface area contributed by atoms with Crippen LogP contribution in [-0.2, 0) is 14.8 Å². The standard InChI is InChI=1S/C20H24FN3O5S/c1-20(2,3)29-19(26)23-17-12-14(9-10-16(17)21)22-18(25)13-7-6-8-15(11-13)30(27,28)24(4)5/h6-12H,1-5H3,(H,22,25)(H,23,26). The van der Waals surface area contributed by atoms with E-state index in [2.05, 4.69) is 10.6 Å². The third-order valence-corrected chi connectivity index (χ3v) is 5.55. The van der Waals surface area contributed by atoms with Crippen molar-refractivity contribution in [2.24, 2.45) is 0 Å². The molecule has 0 spiro atoms. The molecule has 0 radical (unpaired) electrons. The quantitative estimate of drug-likeness (QED) is 0.743. The van der Waals surface area contributed by atoms with Gasteiger partial charge in [-0.25, -0.2) is 21.9 Å². The third-order valence-electron chi connectivity index (χ3n) is 3.73. The van der Waals surface area contributed by atoms with Gasteiger partial charge in [0.1, 0.15) is 11.4 Å². The first-order valence-electron chi connectivity index (χ1n) is 8.93. The molecule has 0 aromatic heterocycles. The van der Waals surface area contributed by atoms with Crippen LogP contribution in [0.1, 0.15) is 31.1 Å². The Hall–Kier alpha value is -2.98. The van der Waals surface area contributed by atoms with E-state index in [1.54, 1.807) is 20.8 Å². The van der Waals surface area contributed by atoms with E-state index in [-0.39, 0.29) is 21.8 Å². The van der Waals surface area contributed by atoms with Crippen LogP contribution in [0, 0.1) is 5.82 Å². The van der Waals surface area contributed by atoms with Crippen LogP contribution in [0.5, 0.6) is 0 Å². The Kier molecular flexibility index (Phi) is 6.84. The normalized spacial score (nSPS) is 11.8. The monoisotopic (exact) mass is 437 g/mol. The second-order valence-electron chi connectivity index (χ2n) is 7.59. The number of hydrogen-bond acceptors (Lipinski definition) is 5.